The van der Waals surface area contributed by atoms with Gasteiger partial charge in [0.25, 0.3) is 0 Å². The van der Waals surface area contributed by atoms with Gasteiger partial charge in [-0.05, 0) is 30.2 Å². The highest BCUT2D eigenvalue weighted by molar-refractivity contribution is 5.99. The Hall–Kier alpha value is -1.39. The molecular formula is C12H16N2O2. The van der Waals surface area contributed by atoms with E-state index in [4.69, 9.17) is 5.11 Å². The number of aliphatic hydroxyl groups excluding tert-OH is 1. The van der Waals surface area contributed by atoms with Crippen LogP contribution in [0, 0.1) is 0 Å². The van der Waals surface area contributed by atoms with Crippen molar-refractivity contribution in [2.24, 2.45) is 0 Å². The summed E-state index contributed by atoms with van der Waals surface area (Å²) in [5.74, 6) is 0.0746. The molecule has 0 aliphatic carbocycles. The van der Waals surface area contributed by atoms with Crippen LogP contribution in [0.2, 0.25) is 0 Å². The zero-order chi connectivity index (χ0) is 11.4. The van der Waals surface area contributed by atoms with E-state index in [1.807, 2.05) is 12.1 Å². The molecule has 1 amide bonds. The highest BCUT2D eigenvalue weighted by Crippen LogP contribution is 2.23. The van der Waals surface area contributed by atoms with E-state index in [2.05, 4.69) is 16.7 Å². The number of carbonyl (C=O) groups is 1. The van der Waals surface area contributed by atoms with Crippen molar-refractivity contribution < 1.29 is 9.90 Å². The SMILES string of the molecule is O=C1Cc2cc(CCNCCO)ccc2N1. The second-order valence-corrected chi connectivity index (χ2v) is 3.94. The van der Waals surface area contributed by atoms with Crippen LogP contribution in [-0.4, -0.2) is 30.7 Å². The minimum absolute atomic E-state index is 0.0746. The van der Waals surface area contributed by atoms with Crippen LogP contribution in [0.1, 0.15) is 11.1 Å². The molecule has 0 saturated carbocycles. The number of carbonyl (C=O) groups excluding carboxylic acids is 1. The lowest BCUT2D eigenvalue weighted by Crippen LogP contribution is -2.20. The first-order valence-corrected chi connectivity index (χ1v) is 5.53. The lowest BCUT2D eigenvalue weighted by molar-refractivity contribution is -0.115. The first kappa shape index (κ1) is 11.1. The fourth-order valence-corrected chi connectivity index (χ4v) is 1.87. The molecule has 86 valence electrons. The van der Waals surface area contributed by atoms with Crippen molar-refractivity contribution in [2.45, 2.75) is 12.8 Å². The van der Waals surface area contributed by atoms with Crippen molar-refractivity contribution in [1.29, 1.82) is 0 Å². The molecule has 0 bridgehead atoms. The monoisotopic (exact) mass is 220 g/mol. The molecular weight excluding hydrogens is 204 g/mol. The number of amides is 1. The fraction of sp³-hybridized carbons (Fsp3) is 0.417. The van der Waals surface area contributed by atoms with Crippen LogP contribution in [0.25, 0.3) is 0 Å². The van der Waals surface area contributed by atoms with E-state index in [-0.39, 0.29) is 12.5 Å². The number of fused-ring (bicyclic) bond motifs is 1. The molecule has 1 aliphatic rings. The van der Waals surface area contributed by atoms with Gasteiger partial charge in [-0.2, -0.15) is 0 Å². The summed E-state index contributed by atoms with van der Waals surface area (Å²) in [5, 5.41) is 14.6. The van der Waals surface area contributed by atoms with Crippen LogP contribution in [0.4, 0.5) is 5.69 Å². The number of aliphatic hydroxyl groups is 1. The van der Waals surface area contributed by atoms with Gasteiger partial charge < -0.3 is 15.7 Å². The van der Waals surface area contributed by atoms with Gasteiger partial charge in [-0.3, -0.25) is 4.79 Å². The normalized spacial score (nSPS) is 13.7. The van der Waals surface area contributed by atoms with Crippen LogP contribution < -0.4 is 10.6 Å². The van der Waals surface area contributed by atoms with Gasteiger partial charge >= 0.3 is 0 Å². The summed E-state index contributed by atoms with van der Waals surface area (Å²) in [6, 6.07) is 6.07. The van der Waals surface area contributed by atoms with Gasteiger partial charge in [-0.1, -0.05) is 12.1 Å². The smallest absolute Gasteiger partial charge is 0.228 e. The molecule has 4 heteroatoms. The quantitative estimate of drug-likeness (QED) is 0.626. The molecule has 4 nitrogen and oxygen atoms in total. The molecule has 0 aromatic heterocycles. The Balaban J connectivity index is 1.92. The average Bonchev–Trinajstić information content (AvgIpc) is 2.64. The molecule has 0 radical (unpaired) electrons. The number of hydrogen-bond acceptors (Lipinski definition) is 3. The van der Waals surface area contributed by atoms with Gasteiger partial charge in [0.15, 0.2) is 0 Å². The molecule has 0 atom stereocenters. The Morgan fingerprint density at radius 1 is 1.38 bits per heavy atom. The number of rotatable bonds is 5. The minimum atomic E-state index is 0.0746. The molecule has 2 rings (SSSR count). The number of anilines is 1. The predicted molar refractivity (Wildman–Crippen MR) is 62.4 cm³/mol. The zero-order valence-corrected chi connectivity index (χ0v) is 9.12. The van der Waals surface area contributed by atoms with Gasteiger partial charge in [-0.25, -0.2) is 0 Å². The number of hydrogen-bond donors (Lipinski definition) is 3. The van der Waals surface area contributed by atoms with Crippen molar-refractivity contribution in [3.05, 3.63) is 29.3 Å². The molecule has 1 aromatic carbocycles. The van der Waals surface area contributed by atoms with Crippen molar-refractivity contribution in [3.63, 3.8) is 0 Å². The molecule has 0 spiro atoms. The van der Waals surface area contributed by atoms with E-state index in [0.29, 0.717) is 13.0 Å². The van der Waals surface area contributed by atoms with Crippen LogP contribution in [0.15, 0.2) is 18.2 Å². The Morgan fingerprint density at radius 2 is 2.25 bits per heavy atom. The van der Waals surface area contributed by atoms with E-state index >= 15 is 0 Å². The molecule has 0 saturated heterocycles. The first-order valence-electron chi connectivity index (χ1n) is 5.53. The third-order valence-corrected chi connectivity index (χ3v) is 2.67. The first-order chi connectivity index (χ1) is 7.79. The van der Waals surface area contributed by atoms with Crippen LogP contribution in [-0.2, 0) is 17.6 Å². The largest absolute Gasteiger partial charge is 0.395 e. The maximum absolute atomic E-state index is 11.2. The zero-order valence-electron chi connectivity index (χ0n) is 9.12. The van der Waals surface area contributed by atoms with Crippen LogP contribution >= 0.6 is 0 Å². The molecule has 16 heavy (non-hydrogen) atoms. The van der Waals surface area contributed by atoms with E-state index in [1.165, 1.54) is 5.56 Å². The van der Waals surface area contributed by atoms with Gasteiger partial charge in [0, 0.05) is 12.2 Å². The third kappa shape index (κ3) is 2.59. The highest BCUT2D eigenvalue weighted by Gasteiger charge is 2.16. The minimum Gasteiger partial charge on any atom is -0.395 e. The Morgan fingerprint density at radius 3 is 3.06 bits per heavy atom. The summed E-state index contributed by atoms with van der Waals surface area (Å²) < 4.78 is 0. The summed E-state index contributed by atoms with van der Waals surface area (Å²) in [5.41, 5.74) is 3.25. The molecule has 0 fully saturated rings. The Labute approximate surface area is 94.7 Å². The fourth-order valence-electron chi connectivity index (χ4n) is 1.87. The maximum atomic E-state index is 11.2. The predicted octanol–water partition coefficient (Wildman–Crippen LogP) is 0.306. The lowest BCUT2D eigenvalue weighted by Gasteiger charge is -2.05. The summed E-state index contributed by atoms with van der Waals surface area (Å²) in [6.45, 7) is 1.65. The van der Waals surface area contributed by atoms with Gasteiger partial charge in [0.05, 0.1) is 13.0 Å². The molecule has 1 heterocycles. The Bertz CT molecular complexity index is 391. The molecule has 3 N–H and O–H groups in total. The van der Waals surface area contributed by atoms with Crippen LogP contribution in [0.3, 0.4) is 0 Å². The maximum Gasteiger partial charge on any atom is 0.228 e. The Kier molecular flexibility index (Phi) is 3.54. The number of nitrogens with one attached hydrogen (secondary N) is 2. The van der Waals surface area contributed by atoms with Crippen molar-refractivity contribution in [2.75, 3.05) is 25.0 Å². The van der Waals surface area contributed by atoms with Crippen molar-refractivity contribution >= 4 is 11.6 Å². The van der Waals surface area contributed by atoms with E-state index < -0.39 is 0 Å². The number of benzene rings is 1. The summed E-state index contributed by atoms with van der Waals surface area (Å²) in [7, 11) is 0. The van der Waals surface area contributed by atoms with Gasteiger partial charge in [0.1, 0.15) is 0 Å². The lowest BCUT2D eigenvalue weighted by atomic mass is 10.1. The van der Waals surface area contributed by atoms with E-state index in [0.717, 1.165) is 24.2 Å². The molecule has 1 aromatic rings. The molecule has 1 aliphatic heterocycles. The topological polar surface area (TPSA) is 61.4 Å². The summed E-state index contributed by atoms with van der Waals surface area (Å²) in [4.78, 5) is 11.2. The van der Waals surface area contributed by atoms with E-state index in [9.17, 15) is 4.79 Å². The van der Waals surface area contributed by atoms with Gasteiger partial charge in [0.2, 0.25) is 5.91 Å². The second kappa shape index (κ2) is 5.09. The van der Waals surface area contributed by atoms with Gasteiger partial charge in [-0.15, -0.1) is 0 Å². The summed E-state index contributed by atoms with van der Waals surface area (Å²) in [6.07, 6.45) is 1.41. The summed E-state index contributed by atoms with van der Waals surface area (Å²) >= 11 is 0. The van der Waals surface area contributed by atoms with E-state index in [1.54, 1.807) is 0 Å². The molecule has 0 unspecified atom stereocenters. The third-order valence-electron chi connectivity index (χ3n) is 2.67. The van der Waals surface area contributed by atoms with Crippen molar-refractivity contribution in [1.82, 2.24) is 5.32 Å². The van der Waals surface area contributed by atoms with Crippen molar-refractivity contribution in [3.8, 4) is 0 Å². The van der Waals surface area contributed by atoms with Crippen LogP contribution in [0.5, 0.6) is 0 Å². The standard InChI is InChI=1S/C12H16N2O2/c15-6-5-13-4-3-9-1-2-11-10(7-9)8-12(16)14-11/h1-2,7,13,15H,3-6,8H2,(H,14,16). The highest BCUT2D eigenvalue weighted by atomic mass is 16.3. The second-order valence-electron chi connectivity index (χ2n) is 3.94. The average molecular weight is 220 g/mol.